The predicted octanol–water partition coefficient (Wildman–Crippen LogP) is 3.93. The number of fused-ring (bicyclic) bond motifs is 5. The molecule has 5 heteroatoms. The van der Waals surface area contributed by atoms with Gasteiger partial charge in [0.1, 0.15) is 29.6 Å². The summed E-state index contributed by atoms with van der Waals surface area (Å²) in [5.74, 6) is 2.67. The molecule has 4 rings (SSSR count). The molecular formula is C22H24O5. The van der Waals surface area contributed by atoms with Gasteiger partial charge in [0.2, 0.25) is 0 Å². The molecule has 2 aliphatic heterocycles. The van der Waals surface area contributed by atoms with Crippen LogP contribution in [0.4, 0.5) is 0 Å². The maximum Gasteiger partial charge on any atom is 0.168 e. The molecule has 0 aromatic heterocycles. The highest BCUT2D eigenvalue weighted by atomic mass is 16.5. The van der Waals surface area contributed by atoms with Crippen LogP contribution in [0, 0.1) is 0 Å². The van der Waals surface area contributed by atoms with Crippen molar-refractivity contribution in [3.05, 3.63) is 58.7 Å². The lowest BCUT2D eigenvalue weighted by Gasteiger charge is -2.36. The van der Waals surface area contributed by atoms with Crippen molar-refractivity contribution in [1.82, 2.24) is 0 Å². The highest BCUT2D eigenvalue weighted by Gasteiger charge is 2.54. The molecule has 142 valence electrons. The van der Waals surface area contributed by atoms with E-state index in [1.807, 2.05) is 24.3 Å². The van der Waals surface area contributed by atoms with Crippen molar-refractivity contribution in [2.24, 2.45) is 0 Å². The molecule has 2 aromatic carbocycles. The fraction of sp³-hybridized carbons (Fsp3) is 0.364. The highest BCUT2D eigenvalue weighted by Crippen LogP contribution is 2.56. The average molecular weight is 368 g/mol. The molecule has 0 fully saturated rings. The van der Waals surface area contributed by atoms with Gasteiger partial charge in [0.05, 0.1) is 19.8 Å². The molecule has 0 spiro atoms. The number of benzene rings is 2. The second kappa shape index (κ2) is 6.50. The minimum Gasteiger partial charge on any atom is -0.497 e. The van der Waals surface area contributed by atoms with Gasteiger partial charge in [-0.05, 0) is 44.0 Å². The zero-order valence-corrected chi connectivity index (χ0v) is 16.0. The van der Waals surface area contributed by atoms with E-state index in [0.717, 1.165) is 17.5 Å². The SMILES string of the molecule is COc1ccc2c(c1)O[C@H]1c3c(ccc(CC=C(C)C)c3OC)OC[C@@]21O. The topological polar surface area (TPSA) is 57.2 Å². The average Bonchev–Trinajstić information content (AvgIpc) is 2.97. The minimum absolute atomic E-state index is 0.125. The summed E-state index contributed by atoms with van der Waals surface area (Å²) < 4.78 is 23.2. The van der Waals surface area contributed by atoms with Crippen molar-refractivity contribution in [2.75, 3.05) is 20.8 Å². The highest BCUT2D eigenvalue weighted by molar-refractivity contribution is 5.59. The summed E-state index contributed by atoms with van der Waals surface area (Å²) in [6.45, 7) is 4.26. The van der Waals surface area contributed by atoms with Gasteiger partial charge in [0.25, 0.3) is 0 Å². The first-order valence-corrected chi connectivity index (χ1v) is 9.01. The number of aliphatic hydroxyl groups is 1. The van der Waals surface area contributed by atoms with Crippen LogP contribution < -0.4 is 18.9 Å². The van der Waals surface area contributed by atoms with Crippen molar-refractivity contribution >= 4 is 0 Å². The Morgan fingerprint density at radius 2 is 2.00 bits per heavy atom. The Kier molecular flexibility index (Phi) is 4.27. The van der Waals surface area contributed by atoms with Crippen LogP contribution >= 0.6 is 0 Å². The maximum absolute atomic E-state index is 11.4. The second-order valence-corrected chi connectivity index (χ2v) is 7.23. The van der Waals surface area contributed by atoms with Gasteiger partial charge in [-0.3, -0.25) is 0 Å². The van der Waals surface area contributed by atoms with E-state index in [9.17, 15) is 5.11 Å². The molecule has 1 N–H and O–H groups in total. The van der Waals surface area contributed by atoms with Gasteiger partial charge in [-0.1, -0.05) is 17.7 Å². The zero-order chi connectivity index (χ0) is 19.2. The molecule has 27 heavy (non-hydrogen) atoms. The van der Waals surface area contributed by atoms with E-state index in [-0.39, 0.29) is 6.61 Å². The van der Waals surface area contributed by atoms with Gasteiger partial charge >= 0.3 is 0 Å². The van der Waals surface area contributed by atoms with Crippen LogP contribution in [0.3, 0.4) is 0 Å². The monoisotopic (exact) mass is 368 g/mol. The Balaban J connectivity index is 1.83. The number of hydrogen-bond donors (Lipinski definition) is 1. The Morgan fingerprint density at radius 1 is 1.19 bits per heavy atom. The van der Waals surface area contributed by atoms with Crippen molar-refractivity contribution in [3.8, 4) is 23.0 Å². The molecule has 0 bridgehead atoms. The third-order valence-corrected chi connectivity index (χ3v) is 5.22. The summed E-state index contributed by atoms with van der Waals surface area (Å²) in [5.41, 5.74) is 2.45. The quantitative estimate of drug-likeness (QED) is 0.829. The van der Waals surface area contributed by atoms with Crippen LogP contribution in [-0.2, 0) is 12.0 Å². The van der Waals surface area contributed by atoms with E-state index in [0.29, 0.717) is 28.6 Å². The number of hydrogen-bond acceptors (Lipinski definition) is 5. The third-order valence-electron chi connectivity index (χ3n) is 5.22. The third kappa shape index (κ3) is 2.73. The first-order chi connectivity index (χ1) is 13.0. The lowest BCUT2D eigenvalue weighted by molar-refractivity contribution is -0.0872. The van der Waals surface area contributed by atoms with Gasteiger partial charge in [-0.2, -0.15) is 0 Å². The van der Waals surface area contributed by atoms with Gasteiger partial charge in [-0.25, -0.2) is 0 Å². The maximum atomic E-state index is 11.4. The summed E-state index contributed by atoms with van der Waals surface area (Å²) in [6.07, 6.45) is 2.30. The molecule has 5 nitrogen and oxygen atoms in total. The van der Waals surface area contributed by atoms with Crippen molar-refractivity contribution < 1.29 is 24.1 Å². The second-order valence-electron chi connectivity index (χ2n) is 7.23. The van der Waals surface area contributed by atoms with Gasteiger partial charge < -0.3 is 24.1 Å². The molecule has 0 saturated heterocycles. The van der Waals surface area contributed by atoms with Crippen molar-refractivity contribution in [1.29, 1.82) is 0 Å². The van der Waals surface area contributed by atoms with Crippen LogP contribution in [0.25, 0.3) is 0 Å². The van der Waals surface area contributed by atoms with Gasteiger partial charge in [0, 0.05) is 11.6 Å². The predicted molar refractivity (Wildman–Crippen MR) is 102 cm³/mol. The van der Waals surface area contributed by atoms with E-state index in [1.165, 1.54) is 5.57 Å². The molecule has 0 aliphatic carbocycles. The molecule has 2 atom stereocenters. The summed E-state index contributed by atoms with van der Waals surface area (Å²) in [7, 11) is 3.25. The Bertz CT molecular complexity index is 913. The molecule has 2 heterocycles. The van der Waals surface area contributed by atoms with E-state index in [1.54, 1.807) is 20.3 Å². The Hall–Kier alpha value is -2.66. The standard InChI is InChI=1S/C22H24O5/c1-13(2)5-6-14-7-10-17-19(20(14)25-4)21-22(23,12-26-17)16-9-8-15(24-3)11-18(16)27-21/h5,7-11,21,23H,6,12H2,1-4H3/t21-,22+/m0/s1. The molecule has 0 amide bonds. The minimum atomic E-state index is -1.27. The lowest BCUT2D eigenvalue weighted by atomic mass is 9.83. The summed E-state index contributed by atoms with van der Waals surface area (Å²) in [5, 5.41) is 11.4. The first-order valence-electron chi connectivity index (χ1n) is 9.01. The normalized spacial score (nSPS) is 21.9. The van der Waals surface area contributed by atoms with Gasteiger partial charge in [-0.15, -0.1) is 0 Å². The van der Waals surface area contributed by atoms with Gasteiger partial charge in [0.15, 0.2) is 11.7 Å². The van der Waals surface area contributed by atoms with Crippen LogP contribution in [0.2, 0.25) is 0 Å². The molecule has 2 aliphatic rings. The van der Waals surface area contributed by atoms with Crippen molar-refractivity contribution in [3.63, 3.8) is 0 Å². The Morgan fingerprint density at radius 3 is 2.70 bits per heavy atom. The molecular weight excluding hydrogens is 344 g/mol. The van der Waals surface area contributed by atoms with Crippen LogP contribution in [0.15, 0.2) is 42.0 Å². The molecule has 0 saturated carbocycles. The summed E-state index contributed by atoms with van der Waals surface area (Å²) in [6, 6.07) is 9.39. The lowest BCUT2D eigenvalue weighted by Crippen LogP contribution is -2.41. The van der Waals surface area contributed by atoms with E-state index < -0.39 is 11.7 Å². The largest absolute Gasteiger partial charge is 0.497 e. The van der Waals surface area contributed by atoms with E-state index in [2.05, 4.69) is 19.9 Å². The summed E-state index contributed by atoms with van der Waals surface area (Å²) in [4.78, 5) is 0. The van der Waals surface area contributed by atoms with E-state index >= 15 is 0 Å². The number of allylic oxidation sites excluding steroid dienone is 2. The zero-order valence-electron chi connectivity index (χ0n) is 16.0. The molecule has 0 unspecified atom stereocenters. The molecule has 2 aromatic rings. The van der Waals surface area contributed by atoms with Crippen molar-refractivity contribution in [2.45, 2.75) is 32.0 Å². The smallest absolute Gasteiger partial charge is 0.168 e. The van der Waals surface area contributed by atoms with Crippen LogP contribution in [-0.4, -0.2) is 25.9 Å². The van der Waals surface area contributed by atoms with Crippen LogP contribution in [0.5, 0.6) is 23.0 Å². The van der Waals surface area contributed by atoms with E-state index in [4.69, 9.17) is 18.9 Å². The first kappa shape index (κ1) is 17.7. The Labute approximate surface area is 159 Å². The number of methoxy groups -OCH3 is 2. The summed E-state index contributed by atoms with van der Waals surface area (Å²) >= 11 is 0. The number of rotatable bonds is 4. The fourth-order valence-corrected chi connectivity index (χ4v) is 3.81. The molecule has 0 radical (unpaired) electrons. The fourth-order valence-electron chi connectivity index (χ4n) is 3.81. The van der Waals surface area contributed by atoms with Crippen LogP contribution in [0.1, 0.15) is 36.6 Å². The number of ether oxygens (including phenoxy) is 4.